The lowest BCUT2D eigenvalue weighted by Gasteiger charge is -2.07. The zero-order valence-electron chi connectivity index (χ0n) is 14.1. The molecule has 0 aliphatic carbocycles. The van der Waals surface area contributed by atoms with Crippen LogP contribution < -0.4 is 10.1 Å². The lowest BCUT2D eigenvalue weighted by molar-refractivity contribution is 0.0959. The first-order valence-corrected chi connectivity index (χ1v) is 8.79. The van der Waals surface area contributed by atoms with E-state index in [4.69, 9.17) is 4.74 Å². The van der Waals surface area contributed by atoms with Crippen LogP contribution in [-0.2, 0) is 6.42 Å². The van der Waals surface area contributed by atoms with Crippen molar-refractivity contribution in [1.82, 2.24) is 14.1 Å². The van der Waals surface area contributed by atoms with Crippen molar-refractivity contribution in [2.45, 2.75) is 6.42 Å². The quantitative estimate of drug-likeness (QED) is 0.539. The Morgan fingerprint density at radius 2 is 2.04 bits per heavy atom. The summed E-state index contributed by atoms with van der Waals surface area (Å²) < 4.78 is 13.9. The van der Waals surface area contributed by atoms with E-state index in [9.17, 15) is 4.79 Å². The summed E-state index contributed by atoms with van der Waals surface area (Å²) >= 11 is 1.13. The number of para-hydroxylation sites is 1. The lowest BCUT2D eigenvalue weighted by Crippen LogP contribution is -2.23. The second kappa shape index (κ2) is 8.79. The number of hydrogen-bond acceptors (Lipinski definition) is 5. The summed E-state index contributed by atoms with van der Waals surface area (Å²) in [5, 5.41) is 2.76. The second-order valence-corrected chi connectivity index (χ2v) is 5.92. The SMILES string of the molecule is C=CCc1ccccc1OCC#CCNC(=O)c1ccc2nsnc2c1. The Morgan fingerprint density at radius 3 is 2.92 bits per heavy atom. The molecular formula is C20H17N3O2S. The molecule has 0 fully saturated rings. The summed E-state index contributed by atoms with van der Waals surface area (Å²) in [4.78, 5) is 12.1. The molecule has 0 radical (unpaired) electrons. The number of amides is 1. The summed E-state index contributed by atoms with van der Waals surface area (Å²) in [6, 6.07) is 13.0. The van der Waals surface area contributed by atoms with Crippen molar-refractivity contribution in [2.75, 3.05) is 13.2 Å². The van der Waals surface area contributed by atoms with Crippen LogP contribution in [-0.4, -0.2) is 27.8 Å². The molecule has 1 aromatic heterocycles. The zero-order chi connectivity index (χ0) is 18.2. The Bertz CT molecular complexity index is 985. The molecule has 130 valence electrons. The van der Waals surface area contributed by atoms with E-state index in [1.54, 1.807) is 18.2 Å². The van der Waals surface area contributed by atoms with Gasteiger partial charge >= 0.3 is 0 Å². The molecule has 3 aromatic rings. The molecule has 0 unspecified atom stereocenters. The maximum atomic E-state index is 12.1. The topological polar surface area (TPSA) is 64.1 Å². The van der Waals surface area contributed by atoms with Gasteiger partial charge in [-0.1, -0.05) is 36.1 Å². The number of carbonyl (C=O) groups is 1. The zero-order valence-corrected chi connectivity index (χ0v) is 14.9. The van der Waals surface area contributed by atoms with Crippen molar-refractivity contribution in [2.24, 2.45) is 0 Å². The van der Waals surface area contributed by atoms with Gasteiger partial charge in [0.05, 0.1) is 18.3 Å². The number of fused-ring (bicyclic) bond motifs is 1. The highest BCUT2D eigenvalue weighted by molar-refractivity contribution is 7.00. The summed E-state index contributed by atoms with van der Waals surface area (Å²) in [6.07, 6.45) is 2.58. The van der Waals surface area contributed by atoms with E-state index in [-0.39, 0.29) is 19.1 Å². The summed E-state index contributed by atoms with van der Waals surface area (Å²) in [6.45, 7) is 4.26. The van der Waals surface area contributed by atoms with Crippen molar-refractivity contribution in [3.05, 3.63) is 66.2 Å². The van der Waals surface area contributed by atoms with Gasteiger partial charge in [0.15, 0.2) is 0 Å². The molecule has 3 rings (SSSR count). The number of hydrogen-bond donors (Lipinski definition) is 1. The van der Waals surface area contributed by atoms with Crippen LogP contribution in [0.25, 0.3) is 11.0 Å². The summed E-state index contributed by atoms with van der Waals surface area (Å²) in [7, 11) is 0. The minimum atomic E-state index is -0.188. The highest BCUT2D eigenvalue weighted by Gasteiger charge is 2.07. The Morgan fingerprint density at radius 1 is 1.19 bits per heavy atom. The molecule has 0 saturated carbocycles. The van der Waals surface area contributed by atoms with E-state index in [2.05, 4.69) is 32.5 Å². The van der Waals surface area contributed by atoms with Crippen LogP contribution in [0.1, 0.15) is 15.9 Å². The van der Waals surface area contributed by atoms with Crippen LogP contribution in [0.3, 0.4) is 0 Å². The third-order valence-corrected chi connectivity index (χ3v) is 4.17. The molecule has 26 heavy (non-hydrogen) atoms. The fourth-order valence-electron chi connectivity index (χ4n) is 2.35. The van der Waals surface area contributed by atoms with E-state index in [1.807, 2.05) is 30.3 Å². The molecule has 0 atom stereocenters. The average Bonchev–Trinajstić information content (AvgIpc) is 3.13. The van der Waals surface area contributed by atoms with Gasteiger partial charge in [-0.2, -0.15) is 8.75 Å². The fourth-order valence-corrected chi connectivity index (χ4v) is 2.86. The van der Waals surface area contributed by atoms with Crippen LogP contribution >= 0.6 is 11.7 Å². The van der Waals surface area contributed by atoms with Crippen molar-refractivity contribution < 1.29 is 9.53 Å². The monoisotopic (exact) mass is 363 g/mol. The standard InChI is InChI=1S/C20H17N3O2S/c1-2-7-15-8-3-4-9-19(15)25-13-6-5-12-21-20(24)16-10-11-17-18(14-16)23-26-22-17/h2-4,8-11,14H,1,7,12-13H2,(H,21,24). The lowest BCUT2D eigenvalue weighted by atomic mass is 10.1. The predicted octanol–water partition coefficient (Wildman–Crippen LogP) is 3.23. The Balaban J connectivity index is 1.48. The van der Waals surface area contributed by atoms with E-state index in [0.717, 1.165) is 40.5 Å². The Kier molecular flexibility index (Phi) is 5.96. The van der Waals surface area contributed by atoms with E-state index < -0.39 is 0 Å². The number of allylic oxidation sites excluding steroid dienone is 1. The van der Waals surface area contributed by atoms with Crippen LogP contribution in [0.4, 0.5) is 0 Å². The van der Waals surface area contributed by atoms with E-state index in [1.165, 1.54) is 0 Å². The maximum Gasteiger partial charge on any atom is 0.252 e. The van der Waals surface area contributed by atoms with E-state index in [0.29, 0.717) is 5.56 Å². The Labute approximate surface area is 156 Å². The highest BCUT2D eigenvalue weighted by atomic mass is 32.1. The number of nitrogens with one attached hydrogen (secondary N) is 1. The van der Waals surface area contributed by atoms with Gasteiger partial charge in [-0.15, -0.1) is 6.58 Å². The fraction of sp³-hybridized carbons (Fsp3) is 0.150. The van der Waals surface area contributed by atoms with Crippen LogP contribution in [0.5, 0.6) is 5.75 Å². The van der Waals surface area contributed by atoms with Gasteiger partial charge in [0.2, 0.25) is 0 Å². The van der Waals surface area contributed by atoms with Crippen LogP contribution in [0, 0.1) is 11.8 Å². The molecule has 0 aliphatic rings. The third-order valence-electron chi connectivity index (χ3n) is 3.61. The number of rotatable bonds is 6. The molecule has 0 aliphatic heterocycles. The first-order valence-electron chi connectivity index (χ1n) is 8.06. The minimum Gasteiger partial charge on any atom is -0.481 e. The maximum absolute atomic E-state index is 12.1. The average molecular weight is 363 g/mol. The smallest absolute Gasteiger partial charge is 0.252 e. The second-order valence-electron chi connectivity index (χ2n) is 5.39. The van der Waals surface area contributed by atoms with Gasteiger partial charge in [-0.05, 0) is 36.2 Å². The molecular weight excluding hydrogens is 346 g/mol. The molecule has 1 amide bonds. The predicted molar refractivity (Wildman–Crippen MR) is 103 cm³/mol. The molecule has 6 heteroatoms. The van der Waals surface area contributed by atoms with Gasteiger partial charge in [0.1, 0.15) is 23.4 Å². The third kappa shape index (κ3) is 4.47. The number of nitrogens with zero attached hydrogens (tertiary/aromatic N) is 2. The largest absolute Gasteiger partial charge is 0.481 e. The Hall–Kier alpha value is -3.17. The summed E-state index contributed by atoms with van der Waals surface area (Å²) in [5.74, 6) is 6.40. The molecule has 0 spiro atoms. The van der Waals surface area contributed by atoms with Gasteiger partial charge in [0, 0.05) is 5.56 Å². The van der Waals surface area contributed by atoms with Crippen molar-refractivity contribution in [3.63, 3.8) is 0 Å². The van der Waals surface area contributed by atoms with Crippen molar-refractivity contribution in [3.8, 4) is 17.6 Å². The molecule has 5 nitrogen and oxygen atoms in total. The molecule has 1 N–H and O–H groups in total. The minimum absolute atomic E-state index is 0.188. The molecule has 2 aromatic carbocycles. The highest BCUT2D eigenvalue weighted by Crippen LogP contribution is 2.18. The molecule has 1 heterocycles. The van der Waals surface area contributed by atoms with Crippen LogP contribution in [0.2, 0.25) is 0 Å². The number of aromatic nitrogens is 2. The van der Waals surface area contributed by atoms with Crippen LogP contribution in [0.15, 0.2) is 55.1 Å². The van der Waals surface area contributed by atoms with Crippen molar-refractivity contribution >= 4 is 28.7 Å². The number of ether oxygens (including phenoxy) is 1. The first kappa shape index (κ1) is 17.6. The van der Waals surface area contributed by atoms with Gasteiger partial charge in [0.25, 0.3) is 5.91 Å². The van der Waals surface area contributed by atoms with E-state index >= 15 is 0 Å². The number of benzene rings is 2. The normalized spacial score (nSPS) is 10.0. The van der Waals surface area contributed by atoms with Gasteiger partial charge in [-0.25, -0.2) is 0 Å². The number of carbonyl (C=O) groups excluding carboxylic acids is 1. The first-order chi connectivity index (χ1) is 12.8. The summed E-state index contributed by atoms with van der Waals surface area (Å²) in [5.41, 5.74) is 3.13. The van der Waals surface area contributed by atoms with Gasteiger partial charge < -0.3 is 10.1 Å². The molecule has 0 saturated heterocycles. The van der Waals surface area contributed by atoms with Gasteiger partial charge in [-0.3, -0.25) is 4.79 Å². The molecule has 0 bridgehead atoms. The van der Waals surface area contributed by atoms with Crippen molar-refractivity contribution in [1.29, 1.82) is 0 Å².